The van der Waals surface area contributed by atoms with Crippen LogP contribution in [-0.4, -0.2) is 35.0 Å². The lowest BCUT2D eigenvalue weighted by Gasteiger charge is -2.17. The number of carboxylic acids is 1. The number of halogens is 6. The van der Waals surface area contributed by atoms with Crippen LogP contribution in [0, 0.1) is 0 Å². The van der Waals surface area contributed by atoms with Crippen molar-refractivity contribution in [2.45, 2.75) is 18.5 Å². The summed E-state index contributed by atoms with van der Waals surface area (Å²) in [6.45, 7) is -1.09. The summed E-state index contributed by atoms with van der Waals surface area (Å²) in [6.07, 6.45) is -12.5. The van der Waals surface area contributed by atoms with E-state index in [0.717, 1.165) is 0 Å². The van der Waals surface area contributed by atoms with Crippen molar-refractivity contribution in [3.63, 3.8) is 0 Å². The van der Waals surface area contributed by atoms with Gasteiger partial charge in [-0.25, -0.2) is 4.79 Å². The molecule has 1 aromatic carbocycles. The van der Waals surface area contributed by atoms with Gasteiger partial charge in [0.1, 0.15) is 0 Å². The Hall–Kier alpha value is -1.97. The van der Waals surface area contributed by atoms with Gasteiger partial charge in [0.05, 0.1) is 11.1 Å². The van der Waals surface area contributed by atoms with E-state index in [0.29, 0.717) is 18.2 Å². The molecule has 0 saturated heterocycles. The van der Waals surface area contributed by atoms with Gasteiger partial charge in [0.25, 0.3) is 0 Å². The molecule has 1 aromatic rings. The zero-order valence-corrected chi connectivity index (χ0v) is 10.1. The van der Waals surface area contributed by atoms with E-state index in [4.69, 9.17) is 10.2 Å². The smallest absolute Gasteiger partial charge is 0.416 e. The Bertz CT molecular complexity index is 526. The zero-order valence-electron chi connectivity index (χ0n) is 10.1. The first kappa shape index (κ1) is 17.1. The van der Waals surface area contributed by atoms with E-state index < -0.39 is 47.8 Å². The number of hydrogen-bond acceptors (Lipinski definition) is 3. The number of benzene rings is 1. The lowest BCUT2D eigenvalue weighted by molar-refractivity contribution is -0.198. The van der Waals surface area contributed by atoms with Crippen molar-refractivity contribution >= 4 is 11.7 Å². The average molecular weight is 317 g/mol. The number of hydrogen-bond donors (Lipinski definition) is 3. The lowest BCUT2D eigenvalue weighted by Crippen LogP contribution is -2.35. The minimum absolute atomic E-state index is 0.296. The molecule has 4 nitrogen and oxygen atoms in total. The van der Waals surface area contributed by atoms with Crippen LogP contribution >= 0.6 is 0 Å². The van der Waals surface area contributed by atoms with Gasteiger partial charge in [-0.2, -0.15) is 26.3 Å². The number of aromatic carboxylic acids is 1. The Morgan fingerprint density at radius 3 is 2.19 bits per heavy atom. The highest BCUT2D eigenvalue weighted by Gasteiger charge is 2.38. The van der Waals surface area contributed by atoms with Crippen molar-refractivity contribution in [3.05, 3.63) is 29.3 Å². The number of alkyl halides is 6. The second kappa shape index (κ2) is 5.80. The molecule has 0 amide bonds. The molecule has 1 unspecified atom stereocenters. The quantitative estimate of drug-likeness (QED) is 0.747. The summed E-state index contributed by atoms with van der Waals surface area (Å²) in [5.74, 6) is -1.75. The van der Waals surface area contributed by atoms with Crippen molar-refractivity contribution in [2.24, 2.45) is 0 Å². The Kier molecular flexibility index (Phi) is 4.72. The molecular formula is C11H9F6NO3. The van der Waals surface area contributed by atoms with Gasteiger partial charge in [-0.3, -0.25) is 0 Å². The molecule has 0 aliphatic heterocycles. The Labute approximate surface area is 114 Å². The molecular weight excluding hydrogens is 308 g/mol. The van der Waals surface area contributed by atoms with Gasteiger partial charge < -0.3 is 15.5 Å². The van der Waals surface area contributed by atoms with Crippen LogP contribution in [0.4, 0.5) is 32.0 Å². The molecule has 0 spiro atoms. The number of rotatable bonds is 4. The minimum Gasteiger partial charge on any atom is -0.478 e. The molecule has 1 rings (SSSR count). The molecule has 10 heteroatoms. The van der Waals surface area contributed by atoms with Crippen LogP contribution in [-0.2, 0) is 6.18 Å². The first-order valence-corrected chi connectivity index (χ1v) is 5.36. The van der Waals surface area contributed by atoms with Gasteiger partial charge in [-0.15, -0.1) is 0 Å². The number of nitrogens with one attached hydrogen (secondary N) is 1. The fraction of sp³-hybridized carbons (Fsp3) is 0.364. The van der Waals surface area contributed by atoms with E-state index in [-0.39, 0.29) is 0 Å². The van der Waals surface area contributed by atoms with Crippen molar-refractivity contribution in [1.29, 1.82) is 0 Å². The van der Waals surface area contributed by atoms with Crippen molar-refractivity contribution in [2.75, 3.05) is 11.9 Å². The van der Waals surface area contributed by atoms with Crippen LogP contribution in [0.25, 0.3) is 0 Å². The van der Waals surface area contributed by atoms with Crippen LogP contribution in [0.15, 0.2) is 18.2 Å². The molecule has 0 heterocycles. The summed E-state index contributed by atoms with van der Waals surface area (Å²) in [6, 6.07) is 1.51. The molecule has 0 aromatic heterocycles. The number of anilines is 1. The standard InChI is InChI=1S/C11H9F6NO3/c12-10(13,14)5-1-2-7(6(3-5)9(20)21)18-4-8(19)11(15,16)17/h1-3,8,18-19H,4H2,(H,20,21). The maximum Gasteiger partial charge on any atom is 0.416 e. The molecule has 0 radical (unpaired) electrons. The SMILES string of the molecule is O=C(O)c1cc(C(F)(F)F)ccc1NCC(O)C(F)(F)F. The molecule has 0 aliphatic rings. The maximum atomic E-state index is 12.4. The van der Waals surface area contributed by atoms with Gasteiger partial charge in [-0.1, -0.05) is 0 Å². The minimum atomic E-state index is -4.93. The van der Waals surface area contributed by atoms with Crippen molar-refractivity contribution < 1.29 is 41.4 Å². The summed E-state index contributed by atoms with van der Waals surface area (Å²) in [7, 11) is 0. The van der Waals surface area contributed by atoms with Gasteiger partial charge in [0.2, 0.25) is 0 Å². The highest BCUT2D eigenvalue weighted by molar-refractivity contribution is 5.94. The van der Waals surface area contributed by atoms with Crippen LogP contribution in [0.3, 0.4) is 0 Å². The zero-order chi connectivity index (χ0) is 16.4. The van der Waals surface area contributed by atoms with Gasteiger partial charge in [0, 0.05) is 12.2 Å². The van der Waals surface area contributed by atoms with Crippen LogP contribution in [0.5, 0.6) is 0 Å². The first-order chi connectivity index (χ1) is 9.43. The highest BCUT2D eigenvalue weighted by Crippen LogP contribution is 2.32. The first-order valence-electron chi connectivity index (χ1n) is 5.36. The molecule has 1 atom stereocenters. The molecule has 0 bridgehead atoms. The van der Waals surface area contributed by atoms with Gasteiger partial charge in [0.15, 0.2) is 6.10 Å². The fourth-order valence-corrected chi connectivity index (χ4v) is 1.37. The molecule has 0 aliphatic carbocycles. The molecule has 118 valence electrons. The average Bonchev–Trinajstić information content (AvgIpc) is 2.33. The van der Waals surface area contributed by atoms with Gasteiger partial charge in [-0.05, 0) is 18.2 Å². The molecule has 0 fully saturated rings. The highest BCUT2D eigenvalue weighted by atomic mass is 19.4. The molecule has 0 saturated carbocycles. The van der Waals surface area contributed by atoms with Crippen molar-refractivity contribution in [1.82, 2.24) is 0 Å². The Morgan fingerprint density at radius 2 is 1.76 bits per heavy atom. The summed E-state index contributed by atoms with van der Waals surface area (Å²) >= 11 is 0. The van der Waals surface area contributed by atoms with Crippen LogP contribution in [0.1, 0.15) is 15.9 Å². The number of carbonyl (C=O) groups is 1. The summed E-state index contributed by atoms with van der Waals surface area (Å²) in [5, 5.41) is 19.5. The Balaban J connectivity index is 3.01. The van der Waals surface area contributed by atoms with Gasteiger partial charge >= 0.3 is 18.3 Å². The monoisotopic (exact) mass is 317 g/mol. The summed E-state index contributed by atoms with van der Waals surface area (Å²) in [4.78, 5) is 10.9. The maximum absolute atomic E-state index is 12.4. The van der Waals surface area contributed by atoms with E-state index in [1.165, 1.54) is 0 Å². The predicted octanol–water partition coefficient (Wildman–Crippen LogP) is 2.74. The molecule has 3 N–H and O–H groups in total. The topological polar surface area (TPSA) is 69.6 Å². The third-order valence-corrected chi connectivity index (χ3v) is 2.44. The normalized spacial score (nSPS) is 13.9. The fourth-order valence-electron chi connectivity index (χ4n) is 1.37. The summed E-state index contributed by atoms with van der Waals surface area (Å²) < 4.78 is 73.5. The lowest BCUT2D eigenvalue weighted by atomic mass is 10.1. The second-order valence-electron chi connectivity index (χ2n) is 4.00. The van der Waals surface area contributed by atoms with Crippen LogP contribution < -0.4 is 5.32 Å². The van der Waals surface area contributed by atoms with Crippen LogP contribution in [0.2, 0.25) is 0 Å². The Morgan fingerprint density at radius 1 is 1.19 bits per heavy atom. The third-order valence-electron chi connectivity index (χ3n) is 2.44. The van der Waals surface area contributed by atoms with E-state index in [2.05, 4.69) is 0 Å². The number of aliphatic hydroxyl groups excluding tert-OH is 1. The van der Waals surface area contributed by atoms with E-state index in [9.17, 15) is 31.1 Å². The summed E-state index contributed by atoms with van der Waals surface area (Å²) in [5.41, 5.74) is -2.56. The van der Waals surface area contributed by atoms with E-state index in [1.54, 1.807) is 0 Å². The second-order valence-corrected chi connectivity index (χ2v) is 4.00. The molecule has 21 heavy (non-hydrogen) atoms. The third kappa shape index (κ3) is 4.52. The number of carboxylic acid groups (broad SMARTS) is 1. The van der Waals surface area contributed by atoms with E-state index >= 15 is 0 Å². The van der Waals surface area contributed by atoms with Crippen molar-refractivity contribution in [3.8, 4) is 0 Å². The number of aliphatic hydroxyl groups is 1. The van der Waals surface area contributed by atoms with E-state index in [1.807, 2.05) is 5.32 Å². The predicted molar refractivity (Wildman–Crippen MR) is 59.0 cm³/mol. The largest absolute Gasteiger partial charge is 0.478 e.